The van der Waals surface area contributed by atoms with Gasteiger partial charge >= 0.3 is 0 Å². The van der Waals surface area contributed by atoms with Crippen LogP contribution in [0.5, 0.6) is 0 Å². The standard InChI is InChI=1S/C21H29N9O/c1-3-14(2)30-18-17(26-21(30)29-6-4-5-7-29)16(15-12-23-19(22)24-13-15)25-20(27-18)28-8-10-31-11-9-28/h12-14H,3-11H2,1-2H3,(H2,22,23,24). The third-order valence-corrected chi connectivity index (χ3v) is 6.17. The van der Waals surface area contributed by atoms with Gasteiger partial charge in [0.05, 0.1) is 13.2 Å². The highest BCUT2D eigenvalue weighted by Gasteiger charge is 2.27. The van der Waals surface area contributed by atoms with Gasteiger partial charge in [-0.3, -0.25) is 4.57 Å². The summed E-state index contributed by atoms with van der Waals surface area (Å²) in [6, 6.07) is 0.267. The Hall–Kier alpha value is -3.01. The molecule has 0 radical (unpaired) electrons. The number of nitrogens with two attached hydrogens (primary N) is 1. The number of aromatic nitrogens is 6. The monoisotopic (exact) mass is 423 g/mol. The number of morpholine rings is 1. The van der Waals surface area contributed by atoms with Gasteiger partial charge in [-0.15, -0.1) is 0 Å². The van der Waals surface area contributed by atoms with Crippen LogP contribution in [-0.2, 0) is 4.74 Å². The molecule has 10 nitrogen and oxygen atoms in total. The molecule has 2 saturated heterocycles. The first-order valence-electron chi connectivity index (χ1n) is 11.1. The molecule has 2 aliphatic heterocycles. The Kier molecular flexibility index (Phi) is 5.31. The van der Waals surface area contributed by atoms with E-state index in [9.17, 15) is 0 Å². The van der Waals surface area contributed by atoms with Gasteiger partial charge in [-0.25, -0.2) is 19.9 Å². The smallest absolute Gasteiger partial charge is 0.228 e. The number of anilines is 3. The third-order valence-electron chi connectivity index (χ3n) is 6.17. The van der Waals surface area contributed by atoms with E-state index in [-0.39, 0.29) is 12.0 Å². The Morgan fingerprint density at radius 3 is 2.39 bits per heavy atom. The van der Waals surface area contributed by atoms with Crippen molar-refractivity contribution in [1.29, 1.82) is 0 Å². The molecule has 5 heterocycles. The normalized spacial score (nSPS) is 18.1. The van der Waals surface area contributed by atoms with Crippen molar-refractivity contribution in [2.45, 2.75) is 39.2 Å². The summed E-state index contributed by atoms with van der Waals surface area (Å²) in [7, 11) is 0. The SMILES string of the molecule is CCC(C)n1c(N2CCCC2)nc2c(-c3cnc(N)nc3)nc(N3CCOCC3)nc21. The molecular formula is C21H29N9O. The van der Waals surface area contributed by atoms with Crippen molar-refractivity contribution in [1.82, 2.24) is 29.5 Å². The summed E-state index contributed by atoms with van der Waals surface area (Å²) in [5, 5.41) is 0. The molecule has 3 aromatic heterocycles. The number of nitrogen functional groups attached to an aromatic ring is 1. The van der Waals surface area contributed by atoms with E-state index in [4.69, 9.17) is 25.4 Å². The van der Waals surface area contributed by atoms with Crippen LogP contribution >= 0.6 is 0 Å². The lowest BCUT2D eigenvalue weighted by Crippen LogP contribution is -2.37. The number of nitrogens with zero attached hydrogens (tertiary/aromatic N) is 8. The minimum Gasteiger partial charge on any atom is -0.378 e. The lowest BCUT2D eigenvalue weighted by molar-refractivity contribution is 0.122. The minimum atomic E-state index is 0.241. The highest BCUT2D eigenvalue weighted by atomic mass is 16.5. The van der Waals surface area contributed by atoms with E-state index in [1.807, 2.05) is 0 Å². The lowest BCUT2D eigenvalue weighted by Gasteiger charge is -2.27. The molecule has 0 amide bonds. The van der Waals surface area contributed by atoms with Crippen LogP contribution in [-0.4, -0.2) is 68.9 Å². The van der Waals surface area contributed by atoms with Crippen molar-refractivity contribution < 1.29 is 4.74 Å². The topological polar surface area (TPSA) is 111 Å². The average Bonchev–Trinajstić information content (AvgIpc) is 3.47. The number of ether oxygens (including phenoxy) is 1. The van der Waals surface area contributed by atoms with E-state index in [0.29, 0.717) is 19.2 Å². The number of rotatable bonds is 5. The van der Waals surface area contributed by atoms with Gasteiger partial charge in [0.15, 0.2) is 5.65 Å². The molecule has 10 heteroatoms. The summed E-state index contributed by atoms with van der Waals surface area (Å²) in [6.45, 7) is 9.33. The van der Waals surface area contributed by atoms with Gasteiger partial charge < -0.3 is 20.3 Å². The largest absolute Gasteiger partial charge is 0.378 e. The number of imidazole rings is 1. The lowest BCUT2D eigenvalue weighted by atomic mass is 10.2. The molecule has 0 aliphatic carbocycles. The second-order valence-corrected chi connectivity index (χ2v) is 8.21. The molecule has 164 valence electrons. The molecule has 31 heavy (non-hydrogen) atoms. The van der Waals surface area contributed by atoms with Crippen LogP contribution in [0.15, 0.2) is 12.4 Å². The Bertz CT molecular complexity index is 1050. The van der Waals surface area contributed by atoms with Gasteiger partial charge in [-0.1, -0.05) is 6.92 Å². The summed E-state index contributed by atoms with van der Waals surface area (Å²) in [5.41, 5.74) is 8.91. The molecular weight excluding hydrogens is 394 g/mol. The van der Waals surface area contributed by atoms with E-state index in [1.54, 1.807) is 12.4 Å². The number of hydrogen-bond donors (Lipinski definition) is 1. The van der Waals surface area contributed by atoms with E-state index in [1.165, 1.54) is 12.8 Å². The maximum Gasteiger partial charge on any atom is 0.228 e. The van der Waals surface area contributed by atoms with Crippen LogP contribution in [0.1, 0.15) is 39.2 Å². The molecule has 1 atom stereocenters. The Balaban J connectivity index is 1.75. The predicted octanol–water partition coefficient (Wildman–Crippen LogP) is 2.27. The van der Waals surface area contributed by atoms with Gasteiger partial charge in [0, 0.05) is 50.2 Å². The minimum absolute atomic E-state index is 0.241. The van der Waals surface area contributed by atoms with Crippen LogP contribution in [0.25, 0.3) is 22.4 Å². The maximum absolute atomic E-state index is 5.73. The van der Waals surface area contributed by atoms with E-state index < -0.39 is 0 Å². The van der Waals surface area contributed by atoms with E-state index in [2.05, 4.69) is 38.2 Å². The molecule has 0 spiro atoms. The molecule has 1 unspecified atom stereocenters. The molecule has 2 N–H and O–H groups in total. The van der Waals surface area contributed by atoms with Crippen LogP contribution in [0.3, 0.4) is 0 Å². The summed E-state index contributed by atoms with van der Waals surface area (Å²) in [4.78, 5) is 28.0. The summed E-state index contributed by atoms with van der Waals surface area (Å²) in [6.07, 6.45) is 6.79. The van der Waals surface area contributed by atoms with E-state index in [0.717, 1.165) is 61.0 Å². The fourth-order valence-corrected chi connectivity index (χ4v) is 4.25. The second-order valence-electron chi connectivity index (χ2n) is 8.21. The molecule has 0 saturated carbocycles. The molecule has 0 aromatic carbocycles. The van der Waals surface area contributed by atoms with Crippen molar-refractivity contribution in [2.24, 2.45) is 0 Å². The quantitative estimate of drug-likeness (QED) is 0.660. The maximum atomic E-state index is 5.73. The zero-order valence-corrected chi connectivity index (χ0v) is 18.2. The summed E-state index contributed by atoms with van der Waals surface area (Å²) < 4.78 is 7.82. The van der Waals surface area contributed by atoms with Crippen LogP contribution in [0, 0.1) is 0 Å². The van der Waals surface area contributed by atoms with Gasteiger partial charge in [-0.2, -0.15) is 4.98 Å². The number of hydrogen-bond acceptors (Lipinski definition) is 9. The molecule has 5 rings (SSSR count). The molecule has 0 bridgehead atoms. The van der Waals surface area contributed by atoms with Crippen LogP contribution < -0.4 is 15.5 Å². The summed E-state index contributed by atoms with van der Waals surface area (Å²) >= 11 is 0. The van der Waals surface area contributed by atoms with Crippen molar-refractivity contribution in [3.8, 4) is 11.3 Å². The predicted molar refractivity (Wildman–Crippen MR) is 120 cm³/mol. The van der Waals surface area contributed by atoms with Gasteiger partial charge in [-0.05, 0) is 26.2 Å². The van der Waals surface area contributed by atoms with E-state index >= 15 is 0 Å². The first-order chi connectivity index (χ1) is 15.2. The second kappa shape index (κ2) is 8.26. The van der Waals surface area contributed by atoms with Gasteiger partial charge in [0.1, 0.15) is 11.2 Å². The van der Waals surface area contributed by atoms with Gasteiger partial charge in [0.2, 0.25) is 17.8 Å². The number of fused-ring (bicyclic) bond motifs is 1. The molecule has 3 aromatic rings. The zero-order valence-electron chi connectivity index (χ0n) is 18.2. The van der Waals surface area contributed by atoms with Crippen molar-refractivity contribution in [2.75, 3.05) is 54.9 Å². The Labute approximate surface area is 181 Å². The third kappa shape index (κ3) is 3.65. The van der Waals surface area contributed by atoms with Crippen molar-refractivity contribution in [3.63, 3.8) is 0 Å². The Morgan fingerprint density at radius 1 is 1.00 bits per heavy atom. The highest BCUT2D eigenvalue weighted by Crippen LogP contribution is 2.34. The van der Waals surface area contributed by atoms with Crippen LogP contribution in [0.4, 0.5) is 17.8 Å². The zero-order chi connectivity index (χ0) is 21.4. The fraction of sp³-hybridized carbons (Fsp3) is 0.571. The highest BCUT2D eigenvalue weighted by molar-refractivity contribution is 5.90. The van der Waals surface area contributed by atoms with Gasteiger partial charge in [0.25, 0.3) is 0 Å². The first kappa shape index (κ1) is 19.9. The average molecular weight is 424 g/mol. The molecule has 2 fully saturated rings. The van der Waals surface area contributed by atoms with Crippen LogP contribution in [0.2, 0.25) is 0 Å². The Morgan fingerprint density at radius 2 is 1.71 bits per heavy atom. The van der Waals surface area contributed by atoms with Crippen molar-refractivity contribution >= 4 is 29.0 Å². The molecule has 2 aliphatic rings. The van der Waals surface area contributed by atoms with Crippen molar-refractivity contribution in [3.05, 3.63) is 12.4 Å². The summed E-state index contributed by atoms with van der Waals surface area (Å²) in [5.74, 6) is 1.92. The fourth-order valence-electron chi connectivity index (χ4n) is 4.25. The first-order valence-corrected chi connectivity index (χ1v) is 11.1.